The summed E-state index contributed by atoms with van der Waals surface area (Å²) in [6.07, 6.45) is 3.26. The molecule has 9 heteroatoms. The molecule has 5 heterocycles. The molecule has 0 unspecified atom stereocenters. The smallest absolute Gasteiger partial charge is 0.266 e. The SMILES string of the molecule is N#Cc1nc(-c2ccco2)oc1N1CCN(Cc2cc(=O)n3ccccc3n2)CC1. The van der Waals surface area contributed by atoms with Crippen LogP contribution in [0.2, 0.25) is 0 Å². The third kappa shape index (κ3) is 3.33. The summed E-state index contributed by atoms with van der Waals surface area (Å²) >= 11 is 0. The Labute approximate surface area is 171 Å². The molecule has 0 radical (unpaired) electrons. The number of pyridine rings is 1. The molecule has 0 spiro atoms. The van der Waals surface area contributed by atoms with Gasteiger partial charge in [-0.3, -0.25) is 14.1 Å². The Hall–Kier alpha value is -3.90. The zero-order valence-electron chi connectivity index (χ0n) is 16.1. The number of nitriles is 1. The van der Waals surface area contributed by atoms with Crippen molar-refractivity contribution in [1.82, 2.24) is 19.3 Å². The van der Waals surface area contributed by atoms with Gasteiger partial charge in [0, 0.05) is 45.0 Å². The van der Waals surface area contributed by atoms with E-state index < -0.39 is 0 Å². The Kier molecular flexibility index (Phi) is 4.53. The number of oxazole rings is 1. The van der Waals surface area contributed by atoms with E-state index in [-0.39, 0.29) is 11.3 Å². The lowest BCUT2D eigenvalue weighted by molar-refractivity contribution is 0.243. The van der Waals surface area contributed by atoms with Gasteiger partial charge in [-0.05, 0) is 24.3 Å². The molecule has 1 aliphatic heterocycles. The van der Waals surface area contributed by atoms with Gasteiger partial charge in [0.25, 0.3) is 11.4 Å². The molecule has 1 saturated heterocycles. The summed E-state index contributed by atoms with van der Waals surface area (Å²) in [6, 6.07) is 12.7. The average Bonchev–Trinajstić information content (AvgIpc) is 3.44. The Bertz CT molecular complexity index is 1280. The van der Waals surface area contributed by atoms with Gasteiger partial charge in [0.2, 0.25) is 11.6 Å². The first-order valence-electron chi connectivity index (χ1n) is 9.61. The van der Waals surface area contributed by atoms with Crippen molar-refractivity contribution in [3.63, 3.8) is 0 Å². The van der Waals surface area contributed by atoms with Gasteiger partial charge in [-0.2, -0.15) is 10.2 Å². The number of nitrogens with zero attached hydrogens (tertiary/aromatic N) is 6. The molecule has 1 fully saturated rings. The van der Waals surface area contributed by atoms with Crippen LogP contribution in [0.15, 0.2) is 62.5 Å². The summed E-state index contributed by atoms with van der Waals surface area (Å²) in [5.41, 5.74) is 1.56. The molecule has 0 bridgehead atoms. The number of fused-ring (bicyclic) bond motifs is 1. The molecule has 1 aliphatic rings. The lowest BCUT2D eigenvalue weighted by Crippen LogP contribution is -2.46. The summed E-state index contributed by atoms with van der Waals surface area (Å²) in [5, 5.41) is 9.44. The maximum absolute atomic E-state index is 12.3. The quantitative estimate of drug-likeness (QED) is 0.511. The molecule has 5 rings (SSSR count). The summed E-state index contributed by atoms with van der Waals surface area (Å²) in [6.45, 7) is 3.44. The van der Waals surface area contributed by atoms with E-state index in [9.17, 15) is 10.1 Å². The topological polar surface area (TPSA) is 104 Å². The molecule has 0 amide bonds. The number of furan rings is 1. The van der Waals surface area contributed by atoms with Crippen molar-refractivity contribution >= 4 is 11.5 Å². The second kappa shape index (κ2) is 7.50. The van der Waals surface area contributed by atoms with Crippen LogP contribution in [0.5, 0.6) is 0 Å². The molecule has 4 aromatic rings. The van der Waals surface area contributed by atoms with E-state index in [1.165, 1.54) is 10.7 Å². The Morgan fingerprint density at radius 1 is 1.10 bits per heavy atom. The van der Waals surface area contributed by atoms with E-state index >= 15 is 0 Å². The largest absolute Gasteiger partial charge is 0.459 e. The average molecular weight is 402 g/mol. The Morgan fingerprint density at radius 3 is 2.73 bits per heavy atom. The van der Waals surface area contributed by atoms with Crippen LogP contribution in [0, 0.1) is 11.3 Å². The van der Waals surface area contributed by atoms with Gasteiger partial charge in [-0.15, -0.1) is 0 Å². The van der Waals surface area contributed by atoms with Gasteiger partial charge < -0.3 is 13.7 Å². The fourth-order valence-electron chi connectivity index (χ4n) is 3.63. The monoisotopic (exact) mass is 402 g/mol. The van der Waals surface area contributed by atoms with E-state index in [1.807, 2.05) is 23.1 Å². The Morgan fingerprint density at radius 2 is 1.97 bits per heavy atom. The van der Waals surface area contributed by atoms with Gasteiger partial charge in [-0.1, -0.05) is 6.07 Å². The van der Waals surface area contributed by atoms with Crippen molar-refractivity contribution in [3.8, 4) is 17.7 Å². The van der Waals surface area contributed by atoms with Crippen LogP contribution in [0.25, 0.3) is 17.3 Å². The predicted octanol–water partition coefficient (Wildman–Crippen LogP) is 2.14. The van der Waals surface area contributed by atoms with Gasteiger partial charge in [0.15, 0.2) is 5.76 Å². The van der Waals surface area contributed by atoms with Crippen LogP contribution < -0.4 is 10.5 Å². The maximum Gasteiger partial charge on any atom is 0.266 e. The lowest BCUT2D eigenvalue weighted by atomic mass is 10.2. The molecule has 30 heavy (non-hydrogen) atoms. The highest BCUT2D eigenvalue weighted by Crippen LogP contribution is 2.29. The number of anilines is 1. The normalized spacial score (nSPS) is 14.8. The standard InChI is InChI=1S/C21H18N6O3/c22-13-16-21(30-20(24-16)17-4-3-11-29-17)26-9-7-25(8-10-26)14-15-12-19(28)27-6-2-1-5-18(27)23-15/h1-6,11-12H,7-10,14H2. The maximum atomic E-state index is 12.3. The van der Waals surface area contributed by atoms with Gasteiger partial charge >= 0.3 is 0 Å². The molecule has 0 aliphatic carbocycles. The first-order valence-corrected chi connectivity index (χ1v) is 9.61. The van der Waals surface area contributed by atoms with Gasteiger partial charge in [-0.25, -0.2) is 4.98 Å². The first-order chi connectivity index (χ1) is 14.7. The zero-order valence-corrected chi connectivity index (χ0v) is 16.1. The minimum Gasteiger partial charge on any atom is -0.459 e. The zero-order chi connectivity index (χ0) is 20.5. The van der Waals surface area contributed by atoms with Crippen LogP contribution in [0.1, 0.15) is 11.4 Å². The molecule has 0 atom stereocenters. The van der Waals surface area contributed by atoms with E-state index in [1.54, 1.807) is 24.4 Å². The summed E-state index contributed by atoms with van der Waals surface area (Å²) in [7, 11) is 0. The van der Waals surface area contributed by atoms with E-state index in [4.69, 9.17) is 8.83 Å². The van der Waals surface area contributed by atoms with Crippen LogP contribution in [0.3, 0.4) is 0 Å². The highest BCUT2D eigenvalue weighted by atomic mass is 16.4. The molecule has 9 nitrogen and oxygen atoms in total. The second-order valence-electron chi connectivity index (χ2n) is 7.04. The molecular formula is C21H18N6O3. The summed E-state index contributed by atoms with van der Waals surface area (Å²) < 4.78 is 12.7. The van der Waals surface area contributed by atoms with Crippen LogP contribution in [-0.2, 0) is 6.54 Å². The highest BCUT2D eigenvalue weighted by Gasteiger charge is 2.25. The van der Waals surface area contributed by atoms with Crippen molar-refractivity contribution in [2.75, 3.05) is 31.1 Å². The van der Waals surface area contributed by atoms with Crippen LogP contribution in [-0.4, -0.2) is 45.4 Å². The molecule has 150 valence electrons. The third-order valence-corrected chi connectivity index (χ3v) is 5.12. The van der Waals surface area contributed by atoms with Gasteiger partial charge in [0.1, 0.15) is 11.7 Å². The van der Waals surface area contributed by atoms with Crippen molar-refractivity contribution < 1.29 is 8.83 Å². The summed E-state index contributed by atoms with van der Waals surface area (Å²) in [4.78, 5) is 25.4. The van der Waals surface area contributed by atoms with E-state index in [0.29, 0.717) is 42.8 Å². The van der Waals surface area contributed by atoms with E-state index in [0.717, 1.165) is 18.8 Å². The minimum atomic E-state index is -0.0833. The van der Waals surface area contributed by atoms with Crippen molar-refractivity contribution in [2.24, 2.45) is 0 Å². The number of hydrogen-bond acceptors (Lipinski definition) is 8. The number of rotatable bonds is 4. The fraction of sp³-hybridized carbons (Fsp3) is 0.238. The van der Waals surface area contributed by atoms with Crippen LogP contribution in [0.4, 0.5) is 5.88 Å². The molecule has 0 saturated carbocycles. The second-order valence-corrected chi connectivity index (χ2v) is 7.04. The number of hydrogen-bond donors (Lipinski definition) is 0. The molecule has 0 N–H and O–H groups in total. The van der Waals surface area contributed by atoms with Crippen molar-refractivity contribution in [3.05, 3.63) is 70.6 Å². The first kappa shape index (κ1) is 18.1. The number of piperazine rings is 1. The number of aromatic nitrogens is 3. The fourth-order valence-corrected chi connectivity index (χ4v) is 3.63. The molecule has 0 aromatic carbocycles. The highest BCUT2D eigenvalue weighted by molar-refractivity contribution is 5.55. The predicted molar refractivity (Wildman–Crippen MR) is 108 cm³/mol. The van der Waals surface area contributed by atoms with Crippen molar-refractivity contribution in [1.29, 1.82) is 5.26 Å². The Balaban J connectivity index is 1.29. The van der Waals surface area contributed by atoms with E-state index in [2.05, 4.69) is 20.9 Å². The van der Waals surface area contributed by atoms with Crippen molar-refractivity contribution in [2.45, 2.75) is 6.54 Å². The molecule has 4 aromatic heterocycles. The van der Waals surface area contributed by atoms with Crippen LogP contribution >= 0.6 is 0 Å². The third-order valence-electron chi connectivity index (χ3n) is 5.12. The minimum absolute atomic E-state index is 0.0833. The summed E-state index contributed by atoms with van der Waals surface area (Å²) in [5.74, 6) is 1.26. The molecular weight excluding hydrogens is 384 g/mol. The van der Waals surface area contributed by atoms with Gasteiger partial charge in [0.05, 0.1) is 12.0 Å². The lowest BCUT2D eigenvalue weighted by Gasteiger charge is -2.34.